The molecular weight excluding hydrogens is 314 g/mol. The number of rotatable bonds is 6. The number of allylic oxidation sites excluding steroid dienone is 1. The number of amides is 2. The van der Waals surface area contributed by atoms with Crippen LogP contribution in [0.5, 0.6) is 11.5 Å². The monoisotopic (exact) mass is 335 g/mol. The summed E-state index contributed by atoms with van der Waals surface area (Å²) in [5.41, 5.74) is 0.795. The van der Waals surface area contributed by atoms with Gasteiger partial charge in [0.15, 0.2) is 11.5 Å². The van der Waals surface area contributed by atoms with Gasteiger partial charge in [-0.3, -0.25) is 15.0 Å². The van der Waals surface area contributed by atoms with E-state index in [-0.39, 0.29) is 5.70 Å². The Balaban J connectivity index is 2.46. The second-order valence-electron chi connectivity index (χ2n) is 5.43. The summed E-state index contributed by atoms with van der Waals surface area (Å²) in [6.45, 7) is 4.09. The molecule has 1 N–H and O–H groups in total. The number of nitro groups is 1. The fourth-order valence-electron chi connectivity index (χ4n) is 2.50. The van der Waals surface area contributed by atoms with Crippen molar-refractivity contribution in [3.63, 3.8) is 0 Å². The molecule has 0 bridgehead atoms. The highest BCUT2D eigenvalue weighted by Crippen LogP contribution is 2.35. The summed E-state index contributed by atoms with van der Waals surface area (Å²) in [7, 11) is 2.99. The molecule has 1 aromatic carbocycles. The van der Waals surface area contributed by atoms with Gasteiger partial charge in [-0.05, 0) is 31.0 Å². The van der Waals surface area contributed by atoms with Crippen molar-refractivity contribution in [2.75, 3.05) is 20.8 Å². The van der Waals surface area contributed by atoms with Gasteiger partial charge in [0.05, 0.1) is 24.3 Å². The van der Waals surface area contributed by atoms with E-state index in [0.717, 1.165) is 6.42 Å². The van der Waals surface area contributed by atoms with Gasteiger partial charge in [0.2, 0.25) is 0 Å². The molecule has 0 saturated carbocycles. The van der Waals surface area contributed by atoms with E-state index in [1.807, 2.05) is 6.92 Å². The van der Waals surface area contributed by atoms with Crippen LogP contribution in [0.3, 0.4) is 0 Å². The van der Waals surface area contributed by atoms with Gasteiger partial charge in [-0.1, -0.05) is 13.0 Å². The molecule has 0 fully saturated rings. The summed E-state index contributed by atoms with van der Waals surface area (Å²) in [4.78, 5) is 24.3. The van der Waals surface area contributed by atoms with Crippen molar-refractivity contribution < 1.29 is 19.2 Å². The van der Waals surface area contributed by atoms with E-state index in [1.54, 1.807) is 25.1 Å². The van der Waals surface area contributed by atoms with Crippen LogP contribution in [-0.4, -0.2) is 36.6 Å². The molecule has 0 radical (unpaired) electrons. The number of ether oxygens (including phenoxy) is 2. The molecule has 0 aromatic heterocycles. The van der Waals surface area contributed by atoms with Crippen LogP contribution in [0, 0.1) is 10.1 Å². The van der Waals surface area contributed by atoms with Gasteiger partial charge < -0.3 is 14.8 Å². The first-order chi connectivity index (χ1) is 11.4. The Kier molecular flexibility index (Phi) is 5.28. The molecule has 2 rings (SSSR count). The minimum absolute atomic E-state index is 0.0682. The van der Waals surface area contributed by atoms with Crippen molar-refractivity contribution in [2.45, 2.75) is 26.3 Å². The van der Waals surface area contributed by atoms with Crippen LogP contribution < -0.4 is 14.8 Å². The lowest BCUT2D eigenvalue weighted by atomic mass is 10.00. The SMILES string of the molecule is CCCOc1ccc([C@H]2NC(=O)N(C)C(C)=C2[N+](=O)[O-])cc1OC. The maximum Gasteiger partial charge on any atom is 0.322 e. The molecule has 1 aliphatic heterocycles. The summed E-state index contributed by atoms with van der Waals surface area (Å²) in [5, 5.41) is 14.1. The lowest BCUT2D eigenvalue weighted by molar-refractivity contribution is -0.433. The summed E-state index contributed by atoms with van der Waals surface area (Å²) in [6.07, 6.45) is 0.851. The minimum Gasteiger partial charge on any atom is -0.493 e. The van der Waals surface area contributed by atoms with Crippen molar-refractivity contribution in [1.29, 1.82) is 0 Å². The Labute approximate surface area is 140 Å². The molecule has 0 saturated heterocycles. The molecule has 24 heavy (non-hydrogen) atoms. The number of nitrogens with zero attached hydrogens (tertiary/aromatic N) is 2. The Bertz CT molecular complexity index is 686. The molecule has 1 heterocycles. The number of hydrogen-bond donors (Lipinski definition) is 1. The standard InChI is InChI=1S/C16H21N3O5/c1-5-8-24-12-7-6-11(9-13(12)23-4)14-15(19(21)22)10(2)18(3)16(20)17-14/h6-7,9,14H,5,8H2,1-4H3,(H,17,20)/t14-/m1/s1. The highest BCUT2D eigenvalue weighted by atomic mass is 16.6. The lowest BCUT2D eigenvalue weighted by Crippen LogP contribution is -2.45. The summed E-state index contributed by atoms with van der Waals surface area (Å²) < 4.78 is 10.9. The third-order valence-corrected chi connectivity index (χ3v) is 3.90. The minimum atomic E-state index is -0.849. The highest BCUT2D eigenvalue weighted by Gasteiger charge is 2.38. The number of hydrogen-bond acceptors (Lipinski definition) is 5. The molecule has 0 spiro atoms. The second kappa shape index (κ2) is 7.20. The van der Waals surface area contributed by atoms with E-state index in [2.05, 4.69) is 5.32 Å². The van der Waals surface area contributed by atoms with Gasteiger partial charge in [-0.25, -0.2) is 4.79 Å². The zero-order valence-corrected chi connectivity index (χ0v) is 14.2. The van der Waals surface area contributed by atoms with Crippen LogP contribution in [0.25, 0.3) is 0 Å². The maximum atomic E-state index is 12.0. The van der Waals surface area contributed by atoms with Crippen LogP contribution in [0.15, 0.2) is 29.6 Å². The zero-order valence-electron chi connectivity index (χ0n) is 14.2. The summed E-state index contributed by atoms with van der Waals surface area (Å²) >= 11 is 0. The van der Waals surface area contributed by atoms with Gasteiger partial charge in [0, 0.05) is 7.05 Å². The fraction of sp³-hybridized carbons (Fsp3) is 0.438. The number of urea groups is 1. The quantitative estimate of drug-likeness (QED) is 0.637. The number of methoxy groups -OCH3 is 1. The smallest absolute Gasteiger partial charge is 0.322 e. The topological polar surface area (TPSA) is 93.9 Å². The van der Waals surface area contributed by atoms with Crippen molar-refractivity contribution in [3.05, 3.63) is 45.3 Å². The number of carbonyl (C=O) groups excluding carboxylic acids is 1. The first-order valence-electron chi connectivity index (χ1n) is 7.60. The molecule has 1 aliphatic rings. The maximum absolute atomic E-state index is 12.0. The number of nitrogens with one attached hydrogen (secondary N) is 1. The van der Waals surface area contributed by atoms with Gasteiger partial charge in [-0.2, -0.15) is 0 Å². The summed E-state index contributed by atoms with van der Waals surface area (Å²) in [5.74, 6) is 1.03. The van der Waals surface area contributed by atoms with Crippen LogP contribution in [0.4, 0.5) is 4.79 Å². The number of benzene rings is 1. The van der Waals surface area contributed by atoms with Crippen molar-refractivity contribution >= 4 is 6.03 Å². The van der Waals surface area contributed by atoms with E-state index in [9.17, 15) is 14.9 Å². The average Bonchev–Trinajstić information content (AvgIpc) is 2.56. The predicted octanol–water partition coefficient (Wildman–Crippen LogP) is 2.69. The number of carbonyl (C=O) groups is 1. The molecule has 8 nitrogen and oxygen atoms in total. The van der Waals surface area contributed by atoms with Gasteiger partial charge in [0.25, 0.3) is 5.70 Å². The van der Waals surface area contributed by atoms with Crippen molar-refractivity contribution in [2.24, 2.45) is 0 Å². The van der Waals surface area contributed by atoms with E-state index >= 15 is 0 Å². The average molecular weight is 335 g/mol. The van der Waals surface area contributed by atoms with Crippen molar-refractivity contribution in [1.82, 2.24) is 10.2 Å². The Morgan fingerprint density at radius 1 is 1.38 bits per heavy atom. The van der Waals surface area contributed by atoms with E-state index in [1.165, 1.54) is 19.1 Å². The first kappa shape index (κ1) is 17.6. The third-order valence-electron chi connectivity index (χ3n) is 3.90. The van der Waals surface area contributed by atoms with Crippen LogP contribution in [0.1, 0.15) is 31.9 Å². The Morgan fingerprint density at radius 3 is 2.67 bits per heavy atom. The fourth-order valence-corrected chi connectivity index (χ4v) is 2.50. The summed E-state index contributed by atoms with van der Waals surface area (Å²) in [6, 6.07) is 3.80. The molecule has 1 atom stereocenters. The second-order valence-corrected chi connectivity index (χ2v) is 5.43. The zero-order chi connectivity index (χ0) is 17.9. The predicted molar refractivity (Wildman–Crippen MR) is 87.5 cm³/mol. The van der Waals surface area contributed by atoms with Crippen LogP contribution >= 0.6 is 0 Å². The van der Waals surface area contributed by atoms with E-state index < -0.39 is 17.0 Å². The Morgan fingerprint density at radius 2 is 2.08 bits per heavy atom. The van der Waals surface area contributed by atoms with Gasteiger partial charge >= 0.3 is 6.03 Å². The first-order valence-corrected chi connectivity index (χ1v) is 7.60. The molecule has 1 aromatic rings. The van der Waals surface area contributed by atoms with Crippen LogP contribution in [-0.2, 0) is 0 Å². The van der Waals surface area contributed by atoms with Gasteiger partial charge in [-0.15, -0.1) is 0 Å². The highest BCUT2D eigenvalue weighted by molar-refractivity contribution is 5.78. The molecular formula is C16H21N3O5. The largest absolute Gasteiger partial charge is 0.493 e. The van der Waals surface area contributed by atoms with E-state index in [4.69, 9.17) is 9.47 Å². The molecule has 2 amide bonds. The third kappa shape index (κ3) is 3.27. The molecule has 130 valence electrons. The Hall–Kier alpha value is -2.77. The van der Waals surface area contributed by atoms with Gasteiger partial charge in [0.1, 0.15) is 6.04 Å². The van der Waals surface area contributed by atoms with Crippen molar-refractivity contribution in [3.8, 4) is 11.5 Å². The molecule has 8 heteroatoms. The normalized spacial score (nSPS) is 17.6. The van der Waals surface area contributed by atoms with Crippen LogP contribution in [0.2, 0.25) is 0 Å². The van der Waals surface area contributed by atoms with E-state index in [0.29, 0.717) is 29.4 Å². The molecule has 0 aliphatic carbocycles. The molecule has 0 unspecified atom stereocenters. The lowest BCUT2D eigenvalue weighted by Gasteiger charge is -2.29.